The molecule has 0 bridgehead atoms. The summed E-state index contributed by atoms with van der Waals surface area (Å²) < 4.78 is 1.56. The van der Waals surface area contributed by atoms with Gasteiger partial charge in [0.2, 0.25) is 0 Å². The summed E-state index contributed by atoms with van der Waals surface area (Å²) in [5, 5.41) is 9.93. The number of nitrogens with zero attached hydrogens (tertiary/aromatic N) is 5. The zero-order chi connectivity index (χ0) is 20.0. The van der Waals surface area contributed by atoms with Crippen LogP contribution >= 0.6 is 11.3 Å². The highest BCUT2D eigenvalue weighted by Crippen LogP contribution is 2.20. The summed E-state index contributed by atoms with van der Waals surface area (Å²) in [7, 11) is 0. The normalized spacial score (nSPS) is 15.4. The smallest absolute Gasteiger partial charge is 0.275 e. The number of benzene rings is 1. The summed E-state index contributed by atoms with van der Waals surface area (Å²) >= 11 is 1.45. The number of aryl methyl sites for hydroxylation is 1. The van der Waals surface area contributed by atoms with Crippen LogP contribution in [-0.2, 0) is 6.54 Å². The van der Waals surface area contributed by atoms with Crippen LogP contribution < -0.4 is 5.56 Å². The van der Waals surface area contributed by atoms with Crippen molar-refractivity contribution in [3.8, 4) is 0 Å². The maximum Gasteiger partial charge on any atom is 0.275 e. The number of hydrogen-bond acceptors (Lipinski definition) is 6. The van der Waals surface area contributed by atoms with Gasteiger partial charge in [0.15, 0.2) is 10.7 Å². The molecule has 1 aromatic carbocycles. The van der Waals surface area contributed by atoms with E-state index in [1.54, 1.807) is 16.7 Å². The molecule has 9 heteroatoms. The average Bonchev–Trinajstić information content (AvgIpc) is 3.35. The molecule has 5 rings (SSSR count). The van der Waals surface area contributed by atoms with E-state index >= 15 is 0 Å². The van der Waals surface area contributed by atoms with E-state index in [1.165, 1.54) is 11.3 Å². The highest BCUT2D eigenvalue weighted by atomic mass is 32.1. The minimum atomic E-state index is -0.0548. The summed E-state index contributed by atoms with van der Waals surface area (Å²) in [5.74, 6) is -0.0436. The molecular formula is C20H20N6O2S. The van der Waals surface area contributed by atoms with E-state index in [0.717, 1.165) is 35.2 Å². The fourth-order valence-electron chi connectivity index (χ4n) is 3.75. The van der Waals surface area contributed by atoms with Crippen molar-refractivity contribution in [3.63, 3.8) is 0 Å². The molecule has 1 aliphatic heterocycles. The third-order valence-corrected chi connectivity index (χ3v) is 6.08. The number of H-pyrrole nitrogens is 1. The van der Waals surface area contributed by atoms with E-state index in [9.17, 15) is 9.59 Å². The number of aromatic nitrogens is 4. The van der Waals surface area contributed by atoms with Crippen LogP contribution in [0.25, 0.3) is 15.9 Å². The van der Waals surface area contributed by atoms with E-state index in [-0.39, 0.29) is 11.5 Å². The lowest BCUT2D eigenvalue weighted by atomic mass is 10.1. The van der Waals surface area contributed by atoms with Gasteiger partial charge in [-0.25, -0.2) is 4.98 Å². The first kappa shape index (κ1) is 18.0. The van der Waals surface area contributed by atoms with Gasteiger partial charge in [0, 0.05) is 55.8 Å². The molecule has 0 saturated carbocycles. The summed E-state index contributed by atoms with van der Waals surface area (Å²) in [6.07, 6.45) is 1.74. The van der Waals surface area contributed by atoms with Gasteiger partial charge in [-0.1, -0.05) is 11.6 Å². The molecule has 4 heterocycles. The van der Waals surface area contributed by atoms with Gasteiger partial charge in [-0.15, -0.1) is 11.3 Å². The highest BCUT2D eigenvalue weighted by molar-refractivity contribution is 7.15. The van der Waals surface area contributed by atoms with Gasteiger partial charge >= 0.3 is 0 Å². The second kappa shape index (κ2) is 7.09. The van der Waals surface area contributed by atoms with Crippen LogP contribution in [0.15, 0.2) is 40.6 Å². The number of fused-ring (bicyclic) bond motifs is 2. The lowest BCUT2D eigenvalue weighted by Gasteiger charge is -2.34. The molecule has 148 valence electrons. The van der Waals surface area contributed by atoms with Gasteiger partial charge in [-0.05, 0) is 19.1 Å². The van der Waals surface area contributed by atoms with Crippen molar-refractivity contribution in [1.29, 1.82) is 0 Å². The number of amides is 1. The third-order valence-electron chi connectivity index (χ3n) is 5.32. The maximum atomic E-state index is 13.0. The van der Waals surface area contributed by atoms with E-state index in [0.29, 0.717) is 30.3 Å². The fraction of sp³-hybridized carbons (Fsp3) is 0.300. The van der Waals surface area contributed by atoms with Gasteiger partial charge in [-0.2, -0.15) is 5.10 Å². The zero-order valence-electron chi connectivity index (χ0n) is 16.0. The lowest BCUT2D eigenvalue weighted by molar-refractivity contribution is 0.0623. The Balaban J connectivity index is 1.27. The Hall–Kier alpha value is -3.04. The van der Waals surface area contributed by atoms with Crippen LogP contribution in [0, 0.1) is 6.92 Å². The van der Waals surface area contributed by atoms with Gasteiger partial charge in [0.05, 0.1) is 11.2 Å². The summed E-state index contributed by atoms with van der Waals surface area (Å²) in [5.41, 5.74) is 3.17. The predicted molar refractivity (Wildman–Crippen MR) is 111 cm³/mol. The van der Waals surface area contributed by atoms with Crippen LogP contribution in [0.2, 0.25) is 0 Å². The molecule has 0 radical (unpaired) electrons. The van der Waals surface area contributed by atoms with Crippen LogP contribution in [0.1, 0.15) is 21.7 Å². The molecule has 1 saturated heterocycles. The van der Waals surface area contributed by atoms with Crippen LogP contribution in [0.4, 0.5) is 0 Å². The van der Waals surface area contributed by atoms with Crippen molar-refractivity contribution in [2.75, 3.05) is 26.2 Å². The Bertz CT molecular complexity index is 1260. The summed E-state index contributed by atoms with van der Waals surface area (Å²) in [6.45, 7) is 5.33. The van der Waals surface area contributed by atoms with Crippen molar-refractivity contribution in [2.45, 2.75) is 13.5 Å². The number of nitrogens with one attached hydrogen (secondary N) is 1. The van der Waals surface area contributed by atoms with Gasteiger partial charge in [-0.3, -0.25) is 24.0 Å². The minimum Gasteiger partial charge on any atom is -0.335 e. The van der Waals surface area contributed by atoms with Gasteiger partial charge in [0.1, 0.15) is 0 Å². The minimum absolute atomic E-state index is 0.0436. The standard InChI is InChI=1S/C20H20N6O2S/c1-13-2-3-16-15(10-13)18(23-22-16)19(28)25-6-4-24(5-7-25)12-14-11-17(27)26-8-9-29-20(26)21-14/h2-3,8-11H,4-7,12H2,1H3,(H,22,23). The fourth-order valence-corrected chi connectivity index (χ4v) is 4.49. The Kier molecular flexibility index (Phi) is 4.40. The Morgan fingerprint density at radius 3 is 2.86 bits per heavy atom. The summed E-state index contributed by atoms with van der Waals surface area (Å²) in [4.78, 5) is 34.5. The third kappa shape index (κ3) is 3.32. The first-order valence-electron chi connectivity index (χ1n) is 9.50. The van der Waals surface area contributed by atoms with Crippen LogP contribution in [0.3, 0.4) is 0 Å². The van der Waals surface area contributed by atoms with E-state index in [1.807, 2.05) is 35.4 Å². The van der Waals surface area contributed by atoms with Crippen LogP contribution in [-0.4, -0.2) is 61.5 Å². The van der Waals surface area contributed by atoms with Crippen molar-refractivity contribution in [3.05, 3.63) is 63.1 Å². The molecule has 4 aromatic rings. The van der Waals surface area contributed by atoms with Gasteiger partial charge < -0.3 is 4.90 Å². The zero-order valence-corrected chi connectivity index (χ0v) is 16.8. The quantitative estimate of drug-likeness (QED) is 0.560. The summed E-state index contributed by atoms with van der Waals surface area (Å²) in [6, 6.07) is 7.54. The Labute approximate surface area is 170 Å². The molecule has 1 fully saturated rings. The molecule has 3 aromatic heterocycles. The SMILES string of the molecule is Cc1ccc2[nH]nc(C(=O)N3CCN(Cc4cc(=O)n5ccsc5n4)CC3)c2c1. The predicted octanol–water partition coefficient (Wildman–Crippen LogP) is 1.90. The first-order valence-corrected chi connectivity index (χ1v) is 10.4. The van der Waals surface area contributed by atoms with E-state index in [2.05, 4.69) is 20.1 Å². The number of carbonyl (C=O) groups is 1. The maximum absolute atomic E-state index is 13.0. The molecule has 0 unspecified atom stereocenters. The number of carbonyl (C=O) groups excluding carboxylic acids is 1. The number of piperazine rings is 1. The second-order valence-corrected chi connectivity index (χ2v) is 8.20. The molecule has 8 nitrogen and oxygen atoms in total. The van der Waals surface area contributed by atoms with Gasteiger partial charge in [0.25, 0.3) is 11.5 Å². The highest BCUT2D eigenvalue weighted by Gasteiger charge is 2.25. The lowest BCUT2D eigenvalue weighted by Crippen LogP contribution is -2.48. The van der Waals surface area contributed by atoms with Crippen molar-refractivity contribution in [1.82, 2.24) is 29.4 Å². The van der Waals surface area contributed by atoms with E-state index in [4.69, 9.17) is 0 Å². The molecule has 1 aliphatic rings. The molecule has 0 aliphatic carbocycles. The first-order chi connectivity index (χ1) is 14.1. The molecular weight excluding hydrogens is 388 g/mol. The number of aromatic amines is 1. The Morgan fingerprint density at radius 1 is 1.21 bits per heavy atom. The monoisotopic (exact) mass is 408 g/mol. The van der Waals surface area contributed by atoms with Crippen molar-refractivity contribution in [2.24, 2.45) is 0 Å². The largest absolute Gasteiger partial charge is 0.335 e. The van der Waals surface area contributed by atoms with Crippen molar-refractivity contribution < 1.29 is 4.79 Å². The van der Waals surface area contributed by atoms with Crippen molar-refractivity contribution >= 4 is 33.1 Å². The second-order valence-electron chi connectivity index (χ2n) is 7.33. The van der Waals surface area contributed by atoms with Crippen LogP contribution in [0.5, 0.6) is 0 Å². The number of rotatable bonds is 3. The molecule has 0 atom stereocenters. The Morgan fingerprint density at radius 2 is 2.03 bits per heavy atom. The average molecular weight is 408 g/mol. The molecule has 29 heavy (non-hydrogen) atoms. The number of thiazole rings is 1. The molecule has 0 spiro atoms. The number of hydrogen-bond donors (Lipinski definition) is 1. The van der Waals surface area contributed by atoms with E-state index < -0.39 is 0 Å². The molecule has 1 N–H and O–H groups in total. The topological polar surface area (TPSA) is 86.6 Å². The molecule has 1 amide bonds.